The highest BCUT2D eigenvalue weighted by molar-refractivity contribution is 7.13. The van der Waals surface area contributed by atoms with E-state index >= 15 is 0 Å². The van der Waals surface area contributed by atoms with Crippen molar-refractivity contribution in [2.75, 3.05) is 11.9 Å². The van der Waals surface area contributed by atoms with Gasteiger partial charge in [0.05, 0.1) is 17.0 Å². The predicted molar refractivity (Wildman–Crippen MR) is 99.4 cm³/mol. The summed E-state index contributed by atoms with van der Waals surface area (Å²) in [4.78, 5) is 25.0. The molecule has 0 bridgehead atoms. The van der Waals surface area contributed by atoms with Crippen LogP contribution in [0, 0.1) is 0 Å². The lowest BCUT2D eigenvalue weighted by Crippen LogP contribution is -2.12. The monoisotopic (exact) mass is 370 g/mol. The lowest BCUT2D eigenvalue weighted by Gasteiger charge is -2.06. The number of benzene rings is 1. The van der Waals surface area contributed by atoms with E-state index in [2.05, 4.69) is 10.5 Å². The highest BCUT2D eigenvalue weighted by atomic mass is 32.1. The summed E-state index contributed by atoms with van der Waals surface area (Å²) in [7, 11) is 0. The normalized spacial score (nSPS) is 10.5. The van der Waals surface area contributed by atoms with Crippen molar-refractivity contribution >= 4 is 28.9 Å². The second-order valence-electron chi connectivity index (χ2n) is 5.57. The SMILES string of the molecule is CCCCOC(=O)c1ccc(NC(=O)c2cc(-c3cccs3)on2)cc1. The second-order valence-corrected chi connectivity index (χ2v) is 6.52. The van der Waals surface area contributed by atoms with Crippen LogP contribution in [0.5, 0.6) is 0 Å². The van der Waals surface area contributed by atoms with E-state index in [-0.39, 0.29) is 17.6 Å². The molecule has 6 nitrogen and oxygen atoms in total. The summed E-state index contributed by atoms with van der Waals surface area (Å²) in [5.41, 5.74) is 1.19. The third-order valence-corrected chi connectivity index (χ3v) is 4.50. The van der Waals surface area contributed by atoms with E-state index in [9.17, 15) is 9.59 Å². The number of carbonyl (C=O) groups excluding carboxylic acids is 2. The van der Waals surface area contributed by atoms with Crippen LogP contribution in [0.1, 0.15) is 40.6 Å². The molecule has 0 radical (unpaired) electrons. The lowest BCUT2D eigenvalue weighted by molar-refractivity contribution is 0.0499. The van der Waals surface area contributed by atoms with Crippen molar-refractivity contribution in [3.8, 4) is 10.6 Å². The first-order valence-corrected chi connectivity index (χ1v) is 9.14. The van der Waals surface area contributed by atoms with E-state index in [0.717, 1.165) is 17.7 Å². The van der Waals surface area contributed by atoms with Crippen molar-refractivity contribution in [3.63, 3.8) is 0 Å². The summed E-state index contributed by atoms with van der Waals surface area (Å²) in [6.07, 6.45) is 1.81. The van der Waals surface area contributed by atoms with Gasteiger partial charge in [-0.15, -0.1) is 11.3 Å². The van der Waals surface area contributed by atoms with Gasteiger partial charge in [0.2, 0.25) is 0 Å². The molecule has 2 aromatic heterocycles. The summed E-state index contributed by atoms with van der Waals surface area (Å²) >= 11 is 1.51. The molecule has 1 amide bonds. The number of hydrogen-bond acceptors (Lipinski definition) is 6. The zero-order chi connectivity index (χ0) is 18.4. The van der Waals surface area contributed by atoms with E-state index < -0.39 is 0 Å². The fourth-order valence-electron chi connectivity index (χ4n) is 2.19. The molecule has 0 unspecified atom stereocenters. The average Bonchev–Trinajstić information content (AvgIpc) is 3.34. The predicted octanol–water partition coefficient (Wildman–Crippen LogP) is 4.61. The Labute approximate surface area is 154 Å². The van der Waals surface area contributed by atoms with Crippen LogP contribution in [0.25, 0.3) is 10.6 Å². The van der Waals surface area contributed by atoms with Crippen molar-refractivity contribution in [1.29, 1.82) is 0 Å². The van der Waals surface area contributed by atoms with Gasteiger partial charge in [0.15, 0.2) is 11.5 Å². The van der Waals surface area contributed by atoms with Crippen LogP contribution >= 0.6 is 11.3 Å². The summed E-state index contributed by atoms with van der Waals surface area (Å²) in [6, 6.07) is 11.9. The smallest absolute Gasteiger partial charge is 0.338 e. The van der Waals surface area contributed by atoms with Crippen LogP contribution in [0.2, 0.25) is 0 Å². The first-order valence-electron chi connectivity index (χ1n) is 8.26. The second kappa shape index (κ2) is 8.44. The van der Waals surface area contributed by atoms with E-state index in [0.29, 0.717) is 23.6 Å². The standard InChI is InChI=1S/C19H18N2O4S/c1-2-3-10-24-19(23)13-6-8-14(9-7-13)20-18(22)15-12-16(25-21-15)17-5-4-11-26-17/h4-9,11-12H,2-3,10H2,1H3,(H,20,22). The van der Waals surface area contributed by atoms with Crippen LogP contribution in [-0.4, -0.2) is 23.6 Å². The number of amides is 1. The van der Waals surface area contributed by atoms with E-state index in [1.807, 2.05) is 24.4 Å². The zero-order valence-corrected chi connectivity index (χ0v) is 15.0. The van der Waals surface area contributed by atoms with Crippen molar-refractivity contribution in [2.45, 2.75) is 19.8 Å². The number of nitrogens with one attached hydrogen (secondary N) is 1. The fourth-order valence-corrected chi connectivity index (χ4v) is 2.87. The number of nitrogens with zero attached hydrogens (tertiary/aromatic N) is 1. The molecule has 0 saturated carbocycles. The molecule has 1 aromatic carbocycles. The molecule has 7 heteroatoms. The summed E-state index contributed by atoms with van der Waals surface area (Å²) < 4.78 is 10.4. The van der Waals surface area contributed by atoms with Crippen molar-refractivity contribution in [1.82, 2.24) is 5.16 Å². The molecule has 0 aliphatic heterocycles. The first kappa shape index (κ1) is 17.9. The largest absolute Gasteiger partial charge is 0.462 e. The highest BCUT2D eigenvalue weighted by Crippen LogP contribution is 2.25. The summed E-state index contributed by atoms with van der Waals surface area (Å²) in [5, 5.41) is 8.45. The maximum absolute atomic E-state index is 12.3. The number of esters is 1. The Morgan fingerprint density at radius 1 is 1.23 bits per heavy atom. The van der Waals surface area contributed by atoms with Crippen LogP contribution < -0.4 is 5.32 Å². The van der Waals surface area contributed by atoms with E-state index in [1.54, 1.807) is 30.3 Å². The Kier molecular flexibility index (Phi) is 5.80. The van der Waals surface area contributed by atoms with Gasteiger partial charge in [-0.3, -0.25) is 4.79 Å². The fraction of sp³-hybridized carbons (Fsp3) is 0.211. The molecule has 0 saturated heterocycles. The molecule has 0 fully saturated rings. The number of ether oxygens (including phenoxy) is 1. The number of unbranched alkanes of at least 4 members (excludes halogenated alkanes) is 1. The van der Waals surface area contributed by atoms with Gasteiger partial charge in [-0.2, -0.15) is 0 Å². The third kappa shape index (κ3) is 4.37. The third-order valence-electron chi connectivity index (χ3n) is 3.62. The minimum absolute atomic E-state index is 0.191. The van der Waals surface area contributed by atoms with Crippen LogP contribution in [0.3, 0.4) is 0 Å². The Morgan fingerprint density at radius 3 is 2.73 bits per heavy atom. The van der Waals surface area contributed by atoms with Crippen LogP contribution in [0.15, 0.2) is 52.4 Å². The Morgan fingerprint density at radius 2 is 2.04 bits per heavy atom. The number of anilines is 1. The van der Waals surface area contributed by atoms with Gasteiger partial charge in [0, 0.05) is 11.8 Å². The number of hydrogen-bond donors (Lipinski definition) is 1. The molecule has 26 heavy (non-hydrogen) atoms. The number of rotatable bonds is 7. The molecule has 0 aliphatic rings. The molecule has 0 atom stereocenters. The van der Waals surface area contributed by atoms with Crippen molar-refractivity contribution in [3.05, 3.63) is 59.1 Å². The van der Waals surface area contributed by atoms with E-state index in [1.165, 1.54) is 11.3 Å². The average molecular weight is 370 g/mol. The summed E-state index contributed by atoms with van der Waals surface area (Å²) in [6.45, 7) is 2.44. The highest BCUT2D eigenvalue weighted by Gasteiger charge is 2.15. The van der Waals surface area contributed by atoms with Gasteiger partial charge in [0.25, 0.3) is 5.91 Å². The molecular weight excluding hydrogens is 352 g/mol. The Hall–Kier alpha value is -2.93. The molecule has 0 aliphatic carbocycles. The quantitative estimate of drug-likeness (QED) is 0.485. The summed E-state index contributed by atoms with van der Waals surface area (Å²) in [5.74, 6) is -0.196. The van der Waals surface area contributed by atoms with E-state index in [4.69, 9.17) is 9.26 Å². The first-order chi connectivity index (χ1) is 12.7. The molecule has 134 valence electrons. The Balaban J connectivity index is 1.60. The topological polar surface area (TPSA) is 81.4 Å². The molecule has 2 heterocycles. The maximum atomic E-state index is 12.3. The van der Waals surface area contributed by atoms with Crippen molar-refractivity contribution in [2.24, 2.45) is 0 Å². The van der Waals surface area contributed by atoms with Gasteiger partial charge in [-0.25, -0.2) is 4.79 Å². The van der Waals surface area contributed by atoms with Crippen LogP contribution in [0.4, 0.5) is 5.69 Å². The van der Waals surface area contributed by atoms with Gasteiger partial charge >= 0.3 is 5.97 Å². The van der Waals surface area contributed by atoms with Gasteiger partial charge < -0.3 is 14.6 Å². The minimum Gasteiger partial charge on any atom is -0.462 e. The van der Waals surface area contributed by atoms with Gasteiger partial charge in [-0.05, 0) is 42.1 Å². The number of aromatic nitrogens is 1. The number of carbonyl (C=O) groups is 2. The molecule has 3 rings (SSSR count). The molecule has 1 N–H and O–H groups in total. The molecular formula is C19H18N2O4S. The maximum Gasteiger partial charge on any atom is 0.338 e. The van der Waals surface area contributed by atoms with Gasteiger partial charge in [-0.1, -0.05) is 24.6 Å². The Bertz CT molecular complexity index is 869. The zero-order valence-electron chi connectivity index (χ0n) is 14.2. The van der Waals surface area contributed by atoms with Crippen LogP contribution in [-0.2, 0) is 4.74 Å². The van der Waals surface area contributed by atoms with Crippen molar-refractivity contribution < 1.29 is 18.8 Å². The minimum atomic E-state index is -0.380. The molecule has 0 spiro atoms. The number of thiophene rings is 1. The van der Waals surface area contributed by atoms with Gasteiger partial charge in [0.1, 0.15) is 0 Å². The lowest BCUT2D eigenvalue weighted by atomic mass is 10.2. The molecule has 3 aromatic rings.